The molecule has 2 atom stereocenters. The molecule has 1 saturated heterocycles. The molecule has 0 spiro atoms. The van der Waals surface area contributed by atoms with E-state index in [9.17, 15) is 19.1 Å². The van der Waals surface area contributed by atoms with Crippen LogP contribution >= 0.6 is 11.8 Å². The van der Waals surface area contributed by atoms with Crippen molar-refractivity contribution >= 4 is 23.6 Å². The van der Waals surface area contributed by atoms with Gasteiger partial charge in [0.2, 0.25) is 0 Å². The molecule has 2 N–H and O–H groups in total. The van der Waals surface area contributed by atoms with Gasteiger partial charge in [-0.25, -0.2) is 9.40 Å². The number of aliphatic hydroxyl groups is 1. The molecule has 3 aromatic carbocycles. The van der Waals surface area contributed by atoms with E-state index in [0.717, 1.165) is 5.01 Å². The number of hydrazine groups is 1. The predicted octanol–water partition coefficient (Wildman–Crippen LogP) is 3.76. The van der Waals surface area contributed by atoms with Crippen LogP contribution in [0, 0.1) is 5.82 Å². The number of nitrogens with one attached hydrogen (secondary N) is 1. The third-order valence-corrected chi connectivity index (χ3v) is 6.59. The van der Waals surface area contributed by atoms with Crippen molar-refractivity contribution in [3.8, 4) is 0 Å². The van der Waals surface area contributed by atoms with Gasteiger partial charge >= 0.3 is 0 Å². The van der Waals surface area contributed by atoms with Crippen molar-refractivity contribution < 1.29 is 19.1 Å². The highest BCUT2D eigenvalue weighted by Gasteiger charge is 2.46. The number of hydrogen-bond donors (Lipinski definition) is 2. The number of amides is 2. The molecule has 31 heavy (non-hydrogen) atoms. The molecular formula is C24H21FN2O3S. The molecule has 4 rings (SSSR count). The fourth-order valence-electron chi connectivity index (χ4n) is 3.60. The number of carbonyl (C=O) groups is 2. The topological polar surface area (TPSA) is 69.6 Å². The second-order valence-electron chi connectivity index (χ2n) is 7.24. The second-order valence-corrected chi connectivity index (χ2v) is 8.67. The Kier molecular flexibility index (Phi) is 5.80. The molecule has 2 amide bonds. The number of thioether (sulfide) groups is 1. The first kappa shape index (κ1) is 21.1. The molecule has 0 saturated carbocycles. The lowest BCUT2D eigenvalue weighted by Crippen LogP contribution is -2.53. The van der Waals surface area contributed by atoms with E-state index < -0.39 is 27.9 Å². The van der Waals surface area contributed by atoms with Gasteiger partial charge in [0, 0.05) is 5.56 Å². The normalized spacial score (nSPS) is 18.8. The van der Waals surface area contributed by atoms with Crippen LogP contribution in [0.4, 0.5) is 4.39 Å². The zero-order chi connectivity index (χ0) is 22.0. The van der Waals surface area contributed by atoms with Crippen molar-refractivity contribution in [3.05, 3.63) is 107 Å². The van der Waals surface area contributed by atoms with E-state index in [2.05, 4.69) is 5.43 Å². The highest BCUT2D eigenvalue weighted by molar-refractivity contribution is 8.01. The Balaban J connectivity index is 1.73. The van der Waals surface area contributed by atoms with E-state index in [1.165, 1.54) is 17.8 Å². The van der Waals surface area contributed by atoms with Gasteiger partial charge in [0.15, 0.2) is 5.60 Å². The molecular weight excluding hydrogens is 415 g/mol. The first-order valence-electron chi connectivity index (χ1n) is 9.80. The molecule has 1 fully saturated rings. The van der Waals surface area contributed by atoms with E-state index in [1.807, 2.05) is 0 Å². The van der Waals surface area contributed by atoms with E-state index >= 15 is 0 Å². The minimum absolute atomic E-state index is 0.286. The minimum Gasteiger partial charge on any atom is -0.372 e. The largest absolute Gasteiger partial charge is 0.372 e. The average Bonchev–Trinajstić information content (AvgIpc) is 3.08. The Bertz CT molecular complexity index is 1050. The van der Waals surface area contributed by atoms with Crippen molar-refractivity contribution in [2.24, 2.45) is 0 Å². The number of halogens is 1. The summed E-state index contributed by atoms with van der Waals surface area (Å²) in [7, 11) is 0. The summed E-state index contributed by atoms with van der Waals surface area (Å²) in [5.41, 5.74) is 1.53. The monoisotopic (exact) mass is 436 g/mol. The highest BCUT2D eigenvalue weighted by atomic mass is 32.2. The Hall–Kier alpha value is -3.16. The summed E-state index contributed by atoms with van der Waals surface area (Å²) < 4.78 is 14.5. The number of carbonyl (C=O) groups excluding carboxylic acids is 2. The van der Waals surface area contributed by atoms with E-state index in [0.29, 0.717) is 11.1 Å². The summed E-state index contributed by atoms with van der Waals surface area (Å²) >= 11 is 1.23. The first-order valence-corrected chi connectivity index (χ1v) is 10.7. The molecule has 1 aliphatic heterocycles. The highest BCUT2D eigenvalue weighted by Crippen LogP contribution is 2.43. The quantitative estimate of drug-likeness (QED) is 0.639. The van der Waals surface area contributed by atoms with Crippen LogP contribution in [0.25, 0.3) is 0 Å². The molecule has 0 aliphatic carbocycles. The van der Waals surface area contributed by atoms with Crippen molar-refractivity contribution in [2.75, 3.05) is 0 Å². The molecule has 0 radical (unpaired) electrons. The van der Waals surface area contributed by atoms with Crippen LogP contribution in [0.2, 0.25) is 0 Å². The standard InChI is InChI=1S/C24H21FN2O3S/c1-16-21(28)27(22(31-16)19-14-8-9-15-20(19)25)26-23(29)24(30,17-10-4-2-5-11-17)18-12-6-3-7-13-18/h2-16,22,30H,1H3,(H,26,29). The fourth-order valence-corrected chi connectivity index (χ4v) is 4.84. The summed E-state index contributed by atoms with van der Waals surface area (Å²) in [6, 6.07) is 23.2. The van der Waals surface area contributed by atoms with Crippen LogP contribution in [0.5, 0.6) is 0 Å². The molecule has 1 aliphatic rings. The summed E-state index contributed by atoms with van der Waals surface area (Å²) in [6.07, 6.45) is 0. The average molecular weight is 437 g/mol. The number of hydrogen-bond acceptors (Lipinski definition) is 4. The van der Waals surface area contributed by atoms with Crippen molar-refractivity contribution in [3.63, 3.8) is 0 Å². The van der Waals surface area contributed by atoms with Crippen LogP contribution in [-0.4, -0.2) is 27.2 Å². The maximum Gasteiger partial charge on any atom is 0.279 e. The molecule has 2 unspecified atom stereocenters. The first-order chi connectivity index (χ1) is 14.9. The van der Waals surface area contributed by atoms with Gasteiger partial charge in [-0.2, -0.15) is 0 Å². The Morgan fingerprint density at radius 2 is 1.48 bits per heavy atom. The van der Waals surface area contributed by atoms with E-state index in [4.69, 9.17) is 0 Å². The lowest BCUT2D eigenvalue weighted by atomic mass is 9.85. The number of nitrogens with zero attached hydrogens (tertiary/aromatic N) is 1. The van der Waals surface area contributed by atoms with Crippen molar-refractivity contribution in [2.45, 2.75) is 23.1 Å². The van der Waals surface area contributed by atoms with Gasteiger partial charge in [-0.3, -0.25) is 15.0 Å². The molecule has 7 heteroatoms. The molecule has 3 aromatic rings. The van der Waals surface area contributed by atoms with Gasteiger partial charge in [0.1, 0.15) is 11.2 Å². The third-order valence-electron chi connectivity index (χ3n) is 5.26. The Labute approximate surface area is 183 Å². The van der Waals surface area contributed by atoms with E-state index in [1.54, 1.807) is 85.8 Å². The molecule has 0 aromatic heterocycles. The number of rotatable bonds is 5. The lowest BCUT2D eigenvalue weighted by Gasteiger charge is -2.32. The third kappa shape index (κ3) is 3.82. The van der Waals surface area contributed by atoms with Gasteiger partial charge in [-0.05, 0) is 24.1 Å². The summed E-state index contributed by atoms with van der Waals surface area (Å²) in [5.74, 6) is -1.63. The maximum absolute atomic E-state index is 14.5. The van der Waals surface area contributed by atoms with Crippen LogP contribution in [-0.2, 0) is 15.2 Å². The predicted molar refractivity (Wildman–Crippen MR) is 117 cm³/mol. The van der Waals surface area contributed by atoms with Crippen LogP contribution < -0.4 is 5.43 Å². The zero-order valence-corrected chi connectivity index (χ0v) is 17.6. The molecule has 158 valence electrons. The van der Waals surface area contributed by atoms with Crippen LogP contribution in [0.15, 0.2) is 84.9 Å². The molecule has 0 bridgehead atoms. The Morgan fingerprint density at radius 1 is 0.968 bits per heavy atom. The van der Waals surface area contributed by atoms with Crippen molar-refractivity contribution in [1.29, 1.82) is 0 Å². The van der Waals surface area contributed by atoms with Crippen LogP contribution in [0.1, 0.15) is 29.0 Å². The summed E-state index contributed by atoms with van der Waals surface area (Å²) in [6.45, 7) is 1.70. The second kappa shape index (κ2) is 8.53. The van der Waals surface area contributed by atoms with Gasteiger partial charge in [-0.1, -0.05) is 78.9 Å². The Morgan fingerprint density at radius 3 is 2.03 bits per heavy atom. The lowest BCUT2D eigenvalue weighted by molar-refractivity contribution is -0.149. The fraction of sp³-hybridized carbons (Fsp3) is 0.167. The van der Waals surface area contributed by atoms with Crippen molar-refractivity contribution in [1.82, 2.24) is 10.4 Å². The summed E-state index contributed by atoms with van der Waals surface area (Å²) in [4.78, 5) is 26.3. The van der Waals surface area contributed by atoms with E-state index in [-0.39, 0.29) is 11.5 Å². The van der Waals surface area contributed by atoms with Crippen LogP contribution in [0.3, 0.4) is 0 Å². The van der Waals surface area contributed by atoms with Gasteiger partial charge in [0.05, 0.1) is 5.25 Å². The molecule has 1 heterocycles. The van der Waals surface area contributed by atoms with Gasteiger partial charge in [0.25, 0.3) is 11.8 Å². The summed E-state index contributed by atoms with van der Waals surface area (Å²) in [5, 5.41) is 11.5. The molecule has 5 nitrogen and oxygen atoms in total. The number of benzene rings is 3. The SMILES string of the molecule is CC1SC(c2ccccc2F)N(NC(=O)C(O)(c2ccccc2)c2ccccc2)C1=O. The van der Waals surface area contributed by atoms with Gasteiger partial charge < -0.3 is 5.11 Å². The van der Waals surface area contributed by atoms with Gasteiger partial charge in [-0.15, -0.1) is 11.8 Å². The minimum atomic E-state index is -2.04. The zero-order valence-electron chi connectivity index (χ0n) is 16.7. The smallest absolute Gasteiger partial charge is 0.279 e. The maximum atomic E-state index is 14.5.